The van der Waals surface area contributed by atoms with E-state index in [1.807, 2.05) is 0 Å². The number of nitrogens with zero attached hydrogens (tertiary/aromatic N) is 2. The minimum atomic E-state index is -3.15. The molecule has 0 aliphatic carbocycles. The van der Waals surface area contributed by atoms with Crippen molar-refractivity contribution in [3.8, 4) is 0 Å². The van der Waals surface area contributed by atoms with Crippen molar-refractivity contribution in [2.75, 3.05) is 25.9 Å². The van der Waals surface area contributed by atoms with Crippen LogP contribution in [0.3, 0.4) is 0 Å². The lowest BCUT2D eigenvalue weighted by Crippen LogP contribution is -2.33. The predicted octanol–water partition coefficient (Wildman–Crippen LogP) is 0.545. The second kappa shape index (κ2) is 6.81. The van der Waals surface area contributed by atoms with Crippen LogP contribution in [0, 0.1) is 0 Å². The van der Waals surface area contributed by atoms with Gasteiger partial charge in [-0.15, -0.1) is 11.3 Å². The SMILES string of the molecule is CCN(CCCNC(=O)c1cscn1)S(C)(=O)=O. The van der Waals surface area contributed by atoms with Crippen LogP contribution >= 0.6 is 11.3 Å². The normalized spacial score (nSPS) is 11.7. The monoisotopic (exact) mass is 291 g/mol. The summed E-state index contributed by atoms with van der Waals surface area (Å²) in [4.78, 5) is 15.4. The van der Waals surface area contributed by atoms with E-state index in [4.69, 9.17) is 0 Å². The van der Waals surface area contributed by atoms with Gasteiger partial charge in [0.15, 0.2) is 0 Å². The Bertz CT molecular complexity index is 471. The summed E-state index contributed by atoms with van der Waals surface area (Å²) in [5, 5.41) is 4.37. The molecule has 1 rings (SSSR count). The van der Waals surface area contributed by atoms with E-state index in [-0.39, 0.29) is 5.91 Å². The van der Waals surface area contributed by atoms with Crippen LogP contribution in [-0.2, 0) is 10.0 Å². The first-order valence-corrected chi connectivity index (χ1v) is 8.35. The molecule has 0 saturated heterocycles. The van der Waals surface area contributed by atoms with Crippen LogP contribution in [0.5, 0.6) is 0 Å². The van der Waals surface area contributed by atoms with Crippen LogP contribution < -0.4 is 5.32 Å². The molecule has 0 bridgehead atoms. The Balaban J connectivity index is 2.29. The van der Waals surface area contributed by atoms with Gasteiger partial charge in [-0.3, -0.25) is 4.79 Å². The Kier molecular flexibility index (Phi) is 5.70. The van der Waals surface area contributed by atoms with Gasteiger partial charge in [-0.05, 0) is 6.42 Å². The number of carbonyl (C=O) groups is 1. The molecule has 0 aromatic carbocycles. The maximum Gasteiger partial charge on any atom is 0.270 e. The molecular formula is C10H17N3O3S2. The van der Waals surface area contributed by atoms with E-state index in [1.165, 1.54) is 21.9 Å². The Labute approximate surface area is 111 Å². The van der Waals surface area contributed by atoms with Crippen molar-refractivity contribution in [3.05, 3.63) is 16.6 Å². The third-order valence-electron chi connectivity index (χ3n) is 2.36. The fourth-order valence-electron chi connectivity index (χ4n) is 1.43. The highest BCUT2D eigenvalue weighted by Crippen LogP contribution is 2.01. The predicted molar refractivity (Wildman–Crippen MR) is 71.2 cm³/mol. The molecule has 1 amide bonds. The fourth-order valence-corrected chi connectivity index (χ4v) is 2.89. The molecule has 0 aliphatic heterocycles. The highest BCUT2D eigenvalue weighted by Gasteiger charge is 2.13. The highest BCUT2D eigenvalue weighted by molar-refractivity contribution is 7.88. The lowest BCUT2D eigenvalue weighted by Gasteiger charge is -2.17. The highest BCUT2D eigenvalue weighted by atomic mass is 32.2. The number of carbonyl (C=O) groups excluding carboxylic acids is 1. The van der Waals surface area contributed by atoms with Crippen molar-refractivity contribution in [2.24, 2.45) is 0 Å². The van der Waals surface area contributed by atoms with Crippen LogP contribution in [0.15, 0.2) is 10.9 Å². The van der Waals surface area contributed by atoms with Crippen molar-refractivity contribution < 1.29 is 13.2 Å². The summed E-state index contributed by atoms with van der Waals surface area (Å²) >= 11 is 1.36. The molecular weight excluding hydrogens is 274 g/mol. The molecule has 0 unspecified atom stereocenters. The van der Waals surface area contributed by atoms with Crippen molar-refractivity contribution in [1.82, 2.24) is 14.6 Å². The van der Waals surface area contributed by atoms with Gasteiger partial charge in [0.05, 0.1) is 11.8 Å². The summed E-state index contributed by atoms with van der Waals surface area (Å²) in [6.07, 6.45) is 1.77. The van der Waals surface area contributed by atoms with Crippen molar-refractivity contribution in [3.63, 3.8) is 0 Å². The second-order valence-electron chi connectivity index (χ2n) is 3.74. The van der Waals surface area contributed by atoms with Gasteiger partial charge in [0, 0.05) is 25.0 Å². The maximum atomic E-state index is 11.5. The quantitative estimate of drug-likeness (QED) is 0.744. The zero-order chi connectivity index (χ0) is 13.6. The molecule has 8 heteroatoms. The van der Waals surface area contributed by atoms with Crippen LogP contribution in [0.2, 0.25) is 0 Å². The summed E-state index contributed by atoms with van der Waals surface area (Å²) in [6.45, 7) is 3.07. The molecule has 0 fully saturated rings. The standard InChI is InChI=1S/C10H17N3O3S2/c1-3-13(18(2,15)16)6-4-5-11-10(14)9-7-17-8-12-9/h7-8H,3-6H2,1-2H3,(H,11,14). The van der Waals surface area contributed by atoms with E-state index >= 15 is 0 Å². The summed E-state index contributed by atoms with van der Waals surface area (Å²) in [7, 11) is -3.15. The molecule has 0 saturated carbocycles. The van der Waals surface area contributed by atoms with Crippen LogP contribution in [0.25, 0.3) is 0 Å². The van der Waals surface area contributed by atoms with Gasteiger partial charge in [-0.2, -0.15) is 0 Å². The van der Waals surface area contributed by atoms with E-state index in [9.17, 15) is 13.2 Å². The summed E-state index contributed by atoms with van der Waals surface area (Å²) in [6, 6.07) is 0. The number of nitrogens with one attached hydrogen (secondary N) is 1. The largest absolute Gasteiger partial charge is 0.351 e. The Morgan fingerprint density at radius 3 is 2.78 bits per heavy atom. The van der Waals surface area contributed by atoms with Gasteiger partial charge in [-0.25, -0.2) is 17.7 Å². The number of sulfonamides is 1. The Morgan fingerprint density at radius 2 is 2.28 bits per heavy atom. The Morgan fingerprint density at radius 1 is 1.56 bits per heavy atom. The van der Waals surface area contributed by atoms with Crippen LogP contribution in [0.1, 0.15) is 23.8 Å². The van der Waals surface area contributed by atoms with Gasteiger partial charge >= 0.3 is 0 Å². The third-order valence-corrected chi connectivity index (χ3v) is 4.32. The molecule has 1 heterocycles. The smallest absolute Gasteiger partial charge is 0.270 e. The number of aromatic nitrogens is 1. The second-order valence-corrected chi connectivity index (χ2v) is 6.44. The van der Waals surface area contributed by atoms with Crippen molar-refractivity contribution in [2.45, 2.75) is 13.3 Å². The summed E-state index contributed by atoms with van der Waals surface area (Å²) in [5.74, 6) is -0.223. The lowest BCUT2D eigenvalue weighted by atomic mass is 10.4. The molecule has 0 spiro atoms. The number of thiazole rings is 1. The number of rotatable bonds is 7. The number of hydrogen-bond donors (Lipinski definition) is 1. The van der Waals surface area contributed by atoms with Crippen molar-refractivity contribution >= 4 is 27.3 Å². The molecule has 0 atom stereocenters. The molecule has 102 valence electrons. The molecule has 18 heavy (non-hydrogen) atoms. The molecule has 0 radical (unpaired) electrons. The van der Waals surface area contributed by atoms with Gasteiger partial charge in [-0.1, -0.05) is 6.92 Å². The summed E-state index contributed by atoms with van der Waals surface area (Å²) < 4.78 is 24.0. The van der Waals surface area contributed by atoms with Gasteiger partial charge in [0.25, 0.3) is 5.91 Å². The summed E-state index contributed by atoms with van der Waals surface area (Å²) in [5.41, 5.74) is 1.99. The van der Waals surface area contributed by atoms with E-state index in [1.54, 1.807) is 17.8 Å². The van der Waals surface area contributed by atoms with Crippen LogP contribution in [-0.4, -0.2) is 49.5 Å². The molecule has 1 aromatic rings. The lowest BCUT2D eigenvalue weighted by molar-refractivity contribution is 0.0948. The van der Waals surface area contributed by atoms with Crippen LogP contribution in [0.4, 0.5) is 0 Å². The average Bonchev–Trinajstić information content (AvgIpc) is 2.80. The first kappa shape index (κ1) is 15.1. The zero-order valence-electron chi connectivity index (χ0n) is 10.4. The topological polar surface area (TPSA) is 79.4 Å². The minimum absolute atomic E-state index is 0.223. The fraction of sp³-hybridized carbons (Fsp3) is 0.600. The molecule has 1 aromatic heterocycles. The van der Waals surface area contributed by atoms with Gasteiger partial charge in [0.1, 0.15) is 5.69 Å². The van der Waals surface area contributed by atoms with Gasteiger partial charge in [0.2, 0.25) is 10.0 Å². The van der Waals surface area contributed by atoms with E-state index < -0.39 is 10.0 Å². The molecule has 1 N–H and O–H groups in total. The van der Waals surface area contributed by atoms with E-state index in [0.29, 0.717) is 31.7 Å². The van der Waals surface area contributed by atoms with Crippen molar-refractivity contribution in [1.29, 1.82) is 0 Å². The zero-order valence-corrected chi connectivity index (χ0v) is 12.1. The van der Waals surface area contributed by atoms with E-state index in [2.05, 4.69) is 10.3 Å². The molecule has 0 aliphatic rings. The average molecular weight is 291 g/mol. The van der Waals surface area contributed by atoms with E-state index in [0.717, 1.165) is 0 Å². The third kappa shape index (κ3) is 4.71. The van der Waals surface area contributed by atoms with Gasteiger partial charge < -0.3 is 5.32 Å². The number of amides is 1. The minimum Gasteiger partial charge on any atom is -0.351 e. The number of hydrogen-bond acceptors (Lipinski definition) is 5. The first-order valence-electron chi connectivity index (χ1n) is 5.56. The Hall–Kier alpha value is -0.990. The maximum absolute atomic E-state index is 11.5. The molecule has 6 nitrogen and oxygen atoms in total. The first-order chi connectivity index (χ1) is 8.45.